The summed E-state index contributed by atoms with van der Waals surface area (Å²) in [6.07, 6.45) is -0.125. The molecule has 2 atom stereocenters. The van der Waals surface area contributed by atoms with E-state index in [9.17, 15) is 40.8 Å². The molecule has 1 saturated carbocycles. The number of hydrogen-bond acceptors (Lipinski definition) is 11. The number of nitro benzene ring substituents is 2. The Morgan fingerprint density at radius 1 is 0.950 bits per heavy atom. The van der Waals surface area contributed by atoms with Gasteiger partial charge in [-0.05, 0) is 24.0 Å². The largest absolute Gasteiger partial charge is 0.384 e. The number of non-ortho nitro benzene ring substituents is 2. The predicted molar refractivity (Wildman–Crippen MR) is 142 cm³/mol. The van der Waals surface area contributed by atoms with Crippen LogP contribution in [0.1, 0.15) is 40.7 Å². The van der Waals surface area contributed by atoms with E-state index in [0.29, 0.717) is 16.0 Å². The zero-order valence-electron chi connectivity index (χ0n) is 20.5. The highest BCUT2D eigenvalue weighted by molar-refractivity contribution is 7.10. The first-order chi connectivity index (χ1) is 19.1. The van der Waals surface area contributed by atoms with E-state index in [0.717, 1.165) is 11.3 Å². The van der Waals surface area contributed by atoms with Crippen molar-refractivity contribution < 1.29 is 9.85 Å². The Balaban J connectivity index is 1.86. The van der Waals surface area contributed by atoms with Crippen molar-refractivity contribution in [1.82, 2.24) is 4.98 Å². The molecule has 3 aromatic rings. The predicted octanol–water partition coefficient (Wildman–Crippen LogP) is 4.00. The van der Waals surface area contributed by atoms with Crippen molar-refractivity contribution in [2.45, 2.75) is 30.1 Å². The third kappa shape index (κ3) is 3.76. The van der Waals surface area contributed by atoms with Crippen molar-refractivity contribution in [3.63, 3.8) is 0 Å². The van der Waals surface area contributed by atoms with Gasteiger partial charge < -0.3 is 11.1 Å². The van der Waals surface area contributed by atoms with Crippen LogP contribution in [0.5, 0.6) is 0 Å². The van der Waals surface area contributed by atoms with Crippen LogP contribution in [0.3, 0.4) is 0 Å². The number of aromatic amines is 1. The number of anilines is 1. The van der Waals surface area contributed by atoms with Gasteiger partial charge in [0, 0.05) is 41.5 Å². The first kappa shape index (κ1) is 26.1. The summed E-state index contributed by atoms with van der Waals surface area (Å²) in [6, 6.07) is 17.5. The molecule has 1 aliphatic heterocycles. The molecule has 13 nitrogen and oxygen atoms in total. The molecule has 2 unspecified atom stereocenters. The zero-order chi connectivity index (χ0) is 28.8. The van der Waals surface area contributed by atoms with Crippen molar-refractivity contribution in [1.29, 1.82) is 15.8 Å². The normalized spacial score (nSPS) is 22.7. The lowest BCUT2D eigenvalue weighted by atomic mass is 9.49. The molecule has 4 N–H and O–H groups in total. The molecule has 1 aliphatic carbocycles. The van der Waals surface area contributed by atoms with E-state index in [4.69, 9.17) is 5.73 Å². The Bertz CT molecular complexity index is 1720. The molecule has 198 valence electrons. The van der Waals surface area contributed by atoms with E-state index >= 15 is 0 Å². The van der Waals surface area contributed by atoms with Gasteiger partial charge in [-0.25, -0.2) is 0 Å². The number of hydrogen-bond donors (Lipinski definition) is 3. The molecule has 0 bridgehead atoms. The lowest BCUT2D eigenvalue weighted by Crippen LogP contribution is -2.49. The molecule has 0 radical (unpaired) electrons. The van der Waals surface area contributed by atoms with E-state index in [2.05, 4.69) is 28.5 Å². The third-order valence-electron chi connectivity index (χ3n) is 7.74. The SMILES string of the molecule is N#CC1=C(N)Nc2[nH]c(=O)sc2C12CC(c1cccc([N+](=O)[O-])c1)C(C#N)(C#N)C(c1cccc([N+](=O)[O-])c1)C2. The van der Waals surface area contributed by atoms with Crippen molar-refractivity contribution in [2.75, 3.05) is 5.32 Å². The van der Waals surface area contributed by atoms with Gasteiger partial charge in [0.2, 0.25) is 0 Å². The Kier molecular flexibility index (Phi) is 6.10. The first-order valence-electron chi connectivity index (χ1n) is 11.8. The van der Waals surface area contributed by atoms with Gasteiger partial charge >= 0.3 is 4.87 Å². The van der Waals surface area contributed by atoms with Gasteiger partial charge in [0.25, 0.3) is 11.4 Å². The number of nitrogens with two attached hydrogens (primary N) is 1. The van der Waals surface area contributed by atoms with Crippen molar-refractivity contribution in [2.24, 2.45) is 11.1 Å². The van der Waals surface area contributed by atoms with E-state index in [1.807, 2.05) is 0 Å². The fourth-order valence-electron chi connectivity index (χ4n) is 6.03. The summed E-state index contributed by atoms with van der Waals surface area (Å²) < 4.78 is 0. The molecule has 14 heteroatoms. The maximum absolute atomic E-state index is 12.5. The third-order valence-corrected chi connectivity index (χ3v) is 8.83. The van der Waals surface area contributed by atoms with Gasteiger partial charge in [0.15, 0.2) is 5.41 Å². The monoisotopic (exact) mass is 554 g/mol. The highest BCUT2D eigenvalue weighted by Crippen LogP contribution is 2.64. The molecule has 1 fully saturated rings. The van der Waals surface area contributed by atoms with Gasteiger partial charge in [-0.15, -0.1) is 0 Å². The molecular weight excluding hydrogens is 536 g/mol. The summed E-state index contributed by atoms with van der Waals surface area (Å²) in [4.78, 5) is 37.2. The number of benzene rings is 2. The molecule has 2 heterocycles. The minimum Gasteiger partial charge on any atom is -0.384 e. The molecular formula is C26H18N8O5S. The number of allylic oxidation sites excluding steroid dienone is 1. The van der Waals surface area contributed by atoms with Crippen LogP contribution < -0.4 is 15.9 Å². The standard InChI is InChI=1S/C26H18N8O5S/c27-11-20-22(30)31-23-21(40-24(35)32-23)25(20)9-18(14-3-1-5-16(7-14)33(36)37)26(12-28,13-29)19(10-25)15-4-2-6-17(8-15)34(38)39/h1-8,18-19,31H,9-10,30H2,(H,32,35). The van der Waals surface area contributed by atoms with Crippen molar-refractivity contribution in [3.8, 4) is 18.2 Å². The summed E-state index contributed by atoms with van der Waals surface area (Å²) >= 11 is 0.846. The number of fused-ring (bicyclic) bond motifs is 2. The fraction of sp³-hybridized carbons (Fsp3) is 0.231. The number of nitrogens with one attached hydrogen (secondary N) is 2. The van der Waals surface area contributed by atoms with Gasteiger partial charge in [-0.3, -0.25) is 30.0 Å². The quantitative estimate of drug-likeness (QED) is 0.310. The van der Waals surface area contributed by atoms with E-state index < -0.39 is 37.4 Å². The zero-order valence-corrected chi connectivity index (χ0v) is 21.3. The number of rotatable bonds is 4. The smallest absolute Gasteiger partial charge is 0.306 e. The van der Waals surface area contributed by atoms with Gasteiger partial charge in [0.05, 0.1) is 38.5 Å². The number of nitrogens with zero attached hydrogens (tertiary/aromatic N) is 5. The molecule has 1 spiro atoms. The number of nitro groups is 2. The molecule has 1 aromatic heterocycles. The van der Waals surface area contributed by atoms with Crippen LogP contribution in [0.15, 0.2) is 64.7 Å². The summed E-state index contributed by atoms with van der Waals surface area (Å²) in [6.45, 7) is 0. The second-order valence-electron chi connectivity index (χ2n) is 9.64. The summed E-state index contributed by atoms with van der Waals surface area (Å²) in [5, 5.41) is 57.6. The van der Waals surface area contributed by atoms with E-state index in [-0.39, 0.29) is 41.4 Å². The Morgan fingerprint density at radius 2 is 1.48 bits per heavy atom. The number of aromatic nitrogens is 1. The summed E-state index contributed by atoms with van der Waals surface area (Å²) in [5.41, 5.74) is 3.25. The first-order valence-corrected chi connectivity index (χ1v) is 12.6. The van der Waals surface area contributed by atoms with Gasteiger partial charge in [0.1, 0.15) is 11.6 Å². The van der Waals surface area contributed by atoms with Gasteiger partial charge in [-0.2, -0.15) is 15.8 Å². The minimum atomic E-state index is -1.86. The van der Waals surface area contributed by atoms with Gasteiger partial charge in [-0.1, -0.05) is 35.6 Å². The average Bonchev–Trinajstić information content (AvgIpc) is 3.33. The number of thiazole rings is 1. The lowest BCUT2D eigenvalue weighted by molar-refractivity contribution is -0.385. The maximum Gasteiger partial charge on any atom is 0.306 e. The number of H-pyrrole nitrogens is 1. The summed E-state index contributed by atoms with van der Waals surface area (Å²) in [7, 11) is 0. The number of nitriles is 3. The van der Waals surface area contributed by atoms with Crippen LogP contribution in [0, 0.1) is 59.6 Å². The summed E-state index contributed by atoms with van der Waals surface area (Å²) in [5.74, 6) is -1.82. The molecule has 0 saturated heterocycles. The molecule has 40 heavy (non-hydrogen) atoms. The minimum absolute atomic E-state index is 0.0268. The topological polar surface area (TPSA) is 229 Å². The van der Waals surface area contributed by atoms with Crippen LogP contribution >= 0.6 is 11.3 Å². The maximum atomic E-state index is 12.5. The van der Waals surface area contributed by atoms with Crippen molar-refractivity contribution >= 4 is 28.5 Å². The second kappa shape index (κ2) is 9.34. The molecule has 2 aromatic carbocycles. The van der Waals surface area contributed by atoms with E-state index in [1.165, 1.54) is 36.4 Å². The highest BCUT2D eigenvalue weighted by atomic mass is 32.1. The fourth-order valence-corrected chi connectivity index (χ4v) is 7.04. The van der Waals surface area contributed by atoms with Crippen molar-refractivity contribution in [3.05, 3.63) is 106 Å². The highest BCUT2D eigenvalue weighted by Gasteiger charge is 2.61. The van der Waals surface area contributed by atoms with E-state index in [1.54, 1.807) is 12.1 Å². The van der Waals surface area contributed by atoms with Crippen LogP contribution in [-0.2, 0) is 5.41 Å². The lowest BCUT2D eigenvalue weighted by Gasteiger charge is -2.51. The second-order valence-corrected chi connectivity index (χ2v) is 10.6. The molecule has 0 amide bonds. The van der Waals surface area contributed by atoms with Crippen LogP contribution in [-0.4, -0.2) is 14.8 Å². The Hall–Kier alpha value is -5.52. The van der Waals surface area contributed by atoms with Crippen LogP contribution in [0.25, 0.3) is 0 Å². The Labute approximate surface area is 229 Å². The van der Waals surface area contributed by atoms with Crippen LogP contribution in [0.2, 0.25) is 0 Å². The average molecular weight is 555 g/mol. The van der Waals surface area contributed by atoms with Crippen LogP contribution in [0.4, 0.5) is 17.2 Å². The Morgan fingerprint density at radius 3 is 1.93 bits per heavy atom. The molecule has 5 rings (SSSR count). The molecule has 2 aliphatic rings.